The van der Waals surface area contributed by atoms with E-state index in [1.54, 1.807) is 0 Å². The van der Waals surface area contributed by atoms with E-state index in [2.05, 4.69) is 10.1 Å². The van der Waals surface area contributed by atoms with Crippen molar-refractivity contribution in [1.82, 2.24) is 10.2 Å². The Kier molecular flexibility index (Phi) is 4.90. The van der Waals surface area contributed by atoms with Crippen LogP contribution in [-0.4, -0.2) is 61.2 Å². The Morgan fingerprint density at radius 2 is 1.90 bits per heavy atom. The summed E-state index contributed by atoms with van der Waals surface area (Å²) in [6, 6.07) is -1.50. The third kappa shape index (κ3) is 3.17. The average Bonchev–Trinajstić information content (AvgIpc) is 2.36. The molecule has 1 rings (SSSR count). The Hall–Kier alpha value is -1.45. The van der Waals surface area contributed by atoms with Gasteiger partial charge in [0.1, 0.15) is 6.04 Å². The number of rotatable bonds is 3. The highest BCUT2D eigenvalue weighted by Crippen LogP contribution is 2.37. The molecule has 0 aromatic heterocycles. The SMILES string of the molecule is CCOC(=O)C1CNCCN1C(=O)C(F)(F)C(F)(F)F. The molecule has 1 unspecified atom stereocenters. The minimum absolute atomic E-state index is 0.00951. The summed E-state index contributed by atoms with van der Waals surface area (Å²) in [5, 5.41) is 2.63. The molecule has 20 heavy (non-hydrogen) atoms. The molecule has 1 aliphatic rings. The summed E-state index contributed by atoms with van der Waals surface area (Å²) >= 11 is 0. The second-order valence-electron chi connectivity index (χ2n) is 4.04. The molecule has 5 nitrogen and oxygen atoms in total. The third-order valence-corrected chi connectivity index (χ3v) is 2.69. The van der Waals surface area contributed by atoms with E-state index in [0.717, 1.165) is 0 Å². The van der Waals surface area contributed by atoms with E-state index in [1.165, 1.54) is 6.92 Å². The van der Waals surface area contributed by atoms with Crippen LogP contribution < -0.4 is 5.32 Å². The lowest BCUT2D eigenvalue weighted by molar-refractivity contribution is -0.275. The monoisotopic (exact) mass is 304 g/mol. The van der Waals surface area contributed by atoms with Crippen molar-refractivity contribution in [3.63, 3.8) is 0 Å². The fourth-order valence-corrected chi connectivity index (χ4v) is 1.70. The molecule has 1 heterocycles. The normalized spacial score (nSPS) is 20.7. The lowest BCUT2D eigenvalue weighted by atomic mass is 10.1. The molecule has 0 radical (unpaired) electrons. The van der Waals surface area contributed by atoms with Crippen LogP contribution in [0.25, 0.3) is 0 Å². The first kappa shape index (κ1) is 16.6. The number of halogens is 5. The van der Waals surface area contributed by atoms with Crippen molar-refractivity contribution < 1.29 is 36.3 Å². The molecule has 0 spiro atoms. The number of esters is 1. The molecule has 116 valence electrons. The zero-order chi connectivity index (χ0) is 15.6. The maximum absolute atomic E-state index is 13.0. The van der Waals surface area contributed by atoms with E-state index in [-0.39, 0.29) is 24.6 Å². The number of nitrogens with zero attached hydrogens (tertiary/aromatic N) is 1. The Labute approximate surface area is 111 Å². The van der Waals surface area contributed by atoms with Gasteiger partial charge in [-0.2, -0.15) is 22.0 Å². The molecule has 0 aliphatic carbocycles. The summed E-state index contributed by atoms with van der Waals surface area (Å²) < 4.78 is 67.2. The Bertz CT molecular complexity index is 386. The van der Waals surface area contributed by atoms with E-state index < -0.39 is 36.6 Å². The first-order valence-electron chi connectivity index (χ1n) is 5.76. The molecule has 1 amide bonds. The zero-order valence-corrected chi connectivity index (χ0v) is 10.5. The number of alkyl halides is 5. The van der Waals surface area contributed by atoms with Crippen LogP contribution in [0.3, 0.4) is 0 Å². The quantitative estimate of drug-likeness (QED) is 0.611. The Morgan fingerprint density at radius 1 is 1.30 bits per heavy atom. The van der Waals surface area contributed by atoms with Gasteiger partial charge < -0.3 is 15.0 Å². The van der Waals surface area contributed by atoms with Gasteiger partial charge in [-0.05, 0) is 6.92 Å². The fraction of sp³-hybridized carbons (Fsp3) is 0.800. The molecular formula is C10H13F5N2O3. The fourth-order valence-electron chi connectivity index (χ4n) is 1.70. The summed E-state index contributed by atoms with van der Waals surface area (Å²) in [6.07, 6.45) is -6.01. The van der Waals surface area contributed by atoms with E-state index in [4.69, 9.17) is 0 Å². The van der Waals surface area contributed by atoms with Gasteiger partial charge in [0.15, 0.2) is 0 Å². The summed E-state index contributed by atoms with van der Waals surface area (Å²) in [7, 11) is 0. The number of piperazine rings is 1. The number of ether oxygens (including phenoxy) is 1. The first-order chi connectivity index (χ1) is 9.13. The minimum Gasteiger partial charge on any atom is -0.464 e. The van der Waals surface area contributed by atoms with E-state index in [9.17, 15) is 31.5 Å². The first-order valence-corrected chi connectivity index (χ1v) is 5.76. The van der Waals surface area contributed by atoms with Crippen LogP contribution in [0.2, 0.25) is 0 Å². The minimum atomic E-state index is -6.01. The zero-order valence-electron chi connectivity index (χ0n) is 10.5. The van der Waals surface area contributed by atoms with Crippen molar-refractivity contribution in [3.8, 4) is 0 Å². The molecule has 0 aromatic carbocycles. The molecule has 0 bridgehead atoms. The second-order valence-corrected chi connectivity index (χ2v) is 4.04. The van der Waals surface area contributed by atoms with Gasteiger partial charge >= 0.3 is 24.0 Å². The van der Waals surface area contributed by atoms with Crippen molar-refractivity contribution in [2.45, 2.75) is 25.1 Å². The van der Waals surface area contributed by atoms with Crippen molar-refractivity contribution in [2.75, 3.05) is 26.2 Å². The average molecular weight is 304 g/mol. The van der Waals surface area contributed by atoms with Gasteiger partial charge in [0.2, 0.25) is 0 Å². The van der Waals surface area contributed by atoms with Crippen LogP contribution in [0.5, 0.6) is 0 Å². The van der Waals surface area contributed by atoms with Crippen LogP contribution in [0.15, 0.2) is 0 Å². The van der Waals surface area contributed by atoms with E-state index in [1.807, 2.05) is 0 Å². The van der Waals surface area contributed by atoms with E-state index >= 15 is 0 Å². The number of nitrogens with one attached hydrogen (secondary N) is 1. The highest BCUT2D eigenvalue weighted by Gasteiger charge is 2.65. The molecule has 1 fully saturated rings. The molecule has 0 aromatic rings. The Morgan fingerprint density at radius 3 is 2.40 bits per heavy atom. The maximum atomic E-state index is 13.0. The van der Waals surface area contributed by atoms with Crippen molar-refractivity contribution in [3.05, 3.63) is 0 Å². The summed E-state index contributed by atoms with van der Waals surface area (Å²) in [6.45, 7) is 0.708. The van der Waals surface area contributed by atoms with Gasteiger partial charge in [0.25, 0.3) is 0 Å². The van der Waals surface area contributed by atoms with Crippen molar-refractivity contribution in [2.24, 2.45) is 0 Å². The molecule has 1 aliphatic heterocycles. The van der Waals surface area contributed by atoms with Gasteiger partial charge in [-0.1, -0.05) is 0 Å². The van der Waals surface area contributed by atoms with Gasteiger partial charge in [0.05, 0.1) is 6.61 Å². The number of amides is 1. The lowest BCUT2D eigenvalue weighted by Crippen LogP contribution is -2.63. The molecule has 1 atom stereocenters. The Balaban J connectivity index is 2.96. The number of carbonyl (C=O) groups is 2. The second kappa shape index (κ2) is 5.90. The third-order valence-electron chi connectivity index (χ3n) is 2.69. The van der Waals surface area contributed by atoms with Crippen LogP contribution in [0, 0.1) is 0 Å². The standard InChI is InChI=1S/C10H13F5N2O3/c1-2-20-7(18)6-5-16-3-4-17(6)8(19)9(11,12)10(13,14)15/h6,16H,2-5H2,1H3. The summed E-state index contributed by atoms with van der Waals surface area (Å²) in [4.78, 5) is 23.1. The van der Waals surface area contributed by atoms with Crippen molar-refractivity contribution in [1.29, 1.82) is 0 Å². The smallest absolute Gasteiger partial charge is 0.463 e. The van der Waals surface area contributed by atoms with Crippen molar-refractivity contribution >= 4 is 11.9 Å². The van der Waals surface area contributed by atoms with Crippen LogP contribution >= 0.6 is 0 Å². The topological polar surface area (TPSA) is 58.6 Å². The van der Waals surface area contributed by atoms with Gasteiger partial charge in [-0.3, -0.25) is 4.79 Å². The van der Waals surface area contributed by atoms with Crippen LogP contribution in [0.1, 0.15) is 6.92 Å². The predicted octanol–water partition coefficient (Wildman–Crippen LogP) is 0.548. The van der Waals surface area contributed by atoms with Crippen LogP contribution in [-0.2, 0) is 14.3 Å². The molecular weight excluding hydrogens is 291 g/mol. The lowest BCUT2D eigenvalue weighted by Gasteiger charge is -2.36. The van der Waals surface area contributed by atoms with Gasteiger partial charge in [0, 0.05) is 19.6 Å². The number of hydrogen-bond donors (Lipinski definition) is 1. The molecule has 0 saturated carbocycles. The highest BCUT2D eigenvalue weighted by atomic mass is 19.4. The highest BCUT2D eigenvalue weighted by molar-refractivity contribution is 5.89. The largest absolute Gasteiger partial charge is 0.464 e. The summed E-state index contributed by atoms with van der Waals surface area (Å²) in [5.74, 6) is -9.00. The van der Waals surface area contributed by atoms with E-state index in [0.29, 0.717) is 0 Å². The molecule has 1 saturated heterocycles. The number of hydrogen-bond acceptors (Lipinski definition) is 4. The van der Waals surface area contributed by atoms with Gasteiger partial charge in [-0.25, -0.2) is 4.79 Å². The molecule has 10 heteroatoms. The number of carbonyl (C=O) groups excluding carboxylic acids is 2. The predicted molar refractivity (Wildman–Crippen MR) is 56.0 cm³/mol. The molecule has 1 N–H and O–H groups in total. The summed E-state index contributed by atoms with van der Waals surface area (Å²) in [5.41, 5.74) is 0. The maximum Gasteiger partial charge on any atom is 0.463 e. The van der Waals surface area contributed by atoms with Crippen LogP contribution in [0.4, 0.5) is 22.0 Å². The van der Waals surface area contributed by atoms with Gasteiger partial charge in [-0.15, -0.1) is 0 Å².